The third-order valence-electron chi connectivity index (χ3n) is 4.00. The number of piperidine rings is 1. The number of aryl methyl sites for hydroxylation is 1. The lowest BCUT2D eigenvalue weighted by Gasteiger charge is -2.32. The Morgan fingerprint density at radius 1 is 1.36 bits per heavy atom. The largest absolute Gasteiger partial charge is 0.315 e. The van der Waals surface area contributed by atoms with Crippen LogP contribution in [-0.4, -0.2) is 64.4 Å². The fourth-order valence-corrected chi connectivity index (χ4v) is 4.41. The molecule has 3 heterocycles. The van der Waals surface area contributed by atoms with E-state index in [4.69, 9.17) is 0 Å². The number of rotatable bonds is 5. The molecule has 0 aliphatic carbocycles. The van der Waals surface area contributed by atoms with Gasteiger partial charge >= 0.3 is 0 Å². The smallest absolute Gasteiger partial charge is 0.281 e. The lowest BCUT2D eigenvalue weighted by atomic mass is 9.99. The second-order valence-electron chi connectivity index (χ2n) is 6.11. The Kier molecular flexibility index (Phi) is 5.27. The molecule has 3 rings (SSSR count). The Labute approximate surface area is 151 Å². The van der Waals surface area contributed by atoms with E-state index in [1.807, 2.05) is 13.0 Å². The highest BCUT2D eigenvalue weighted by molar-refractivity contribution is 7.86. The van der Waals surface area contributed by atoms with E-state index in [2.05, 4.69) is 25.5 Å². The Balaban J connectivity index is 1.82. The molecule has 1 fully saturated rings. The number of aromatic nitrogens is 4. The molecular weight excluding hydrogens is 362 g/mol. The predicted molar refractivity (Wildman–Crippen MR) is 96.1 cm³/mol. The van der Waals surface area contributed by atoms with Gasteiger partial charge in [-0.05, 0) is 19.8 Å². The zero-order valence-electron chi connectivity index (χ0n) is 14.4. The van der Waals surface area contributed by atoms with E-state index >= 15 is 0 Å². The molecule has 0 spiro atoms. The highest BCUT2D eigenvalue weighted by Crippen LogP contribution is 2.28. The van der Waals surface area contributed by atoms with E-state index in [1.165, 1.54) is 19.9 Å². The summed E-state index contributed by atoms with van der Waals surface area (Å²) in [7, 11) is -0.328. The summed E-state index contributed by atoms with van der Waals surface area (Å²) in [5.74, 6) is 1.27. The number of anilines is 2. The minimum Gasteiger partial charge on any atom is -0.315 e. The van der Waals surface area contributed by atoms with E-state index < -0.39 is 10.2 Å². The van der Waals surface area contributed by atoms with Crippen LogP contribution in [0.25, 0.3) is 0 Å². The molecular formula is C14H21N7O2S2. The van der Waals surface area contributed by atoms with Crippen molar-refractivity contribution in [2.24, 2.45) is 0 Å². The van der Waals surface area contributed by atoms with Crippen LogP contribution in [0.3, 0.4) is 0 Å². The second kappa shape index (κ2) is 7.28. The summed E-state index contributed by atoms with van der Waals surface area (Å²) in [6.45, 7) is 2.81. The van der Waals surface area contributed by atoms with Gasteiger partial charge in [0.1, 0.15) is 17.2 Å². The minimum absolute atomic E-state index is 0.0293. The molecule has 1 saturated heterocycles. The maximum Gasteiger partial charge on any atom is 0.281 e. The van der Waals surface area contributed by atoms with Gasteiger partial charge in [-0.15, -0.1) is 10.2 Å². The summed E-state index contributed by atoms with van der Waals surface area (Å²) in [4.78, 5) is 9.10. The van der Waals surface area contributed by atoms with E-state index in [0.717, 1.165) is 18.5 Å². The molecule has 1 N–H and O–H groups in total. The first-order chi connectivity index (χ1) is 11.9. The van der Waals surface area contributed by atoms with E-state index in [1.54, 1.807) is 19.6 Å². The zero-order chi connectivity index (χ0) is 18.0. The summed E-state index contributed by atoms with van der Waals surface area (Å²) >= 11 is 1.39. The first kappa shape index (κ1) is 18.1. The van der Waals surface area contributed by atoms with Crippen molar-refractivity contribution in [2.75, 3.05) is 32.5 Å². The number of nitrogens with one attached hydrogen (secondary N) is 1. The Hall–Kier alpha value is -1.69. The third-order valence-corrected chi connectivity index (χ3v) is 6.52. The van der Waals surface area contributed by atoms with E-state index in [-0.39, 0.29) is 5.92 Å². The molecule has 2 aromatic heterocycles. The quantitative estimate of drug-likeness (QED) is 0.831. The Morgan fingerprint density at radius 2 is 2.16 bits per heavy atom. The monoisotopic (exact) mass is 383 g/mol. The third kappa shape index (κ3) is 4.11. The summed E-state index contributed by atoms with van der Waals surface area (Å²) in [5, 5.41) is 11.5. The van der Waals surface area contributed by atoms with Gasteiger partial charge in [-0.1, -0.05) is 11.3 Å². The van der Waals surface area contributed by atoms with Crippen molar-refractivity contribution in [3.8, 4) is 0 Å². The van der Waals surface area contributed by atoms with Crippen LogP contribution in [-0.2, 0) is 10.2 Å². The molecule has 1 unspecified atom stereocenters. The predicted octanol–water partition coefficient (Wildman–Crippen LogP) is 1.37. The highest BCUT2D eigenvalue weighted by Gasteiger charge is 2.32. The molecule has 1 atom stereocenters. The average molecular weight is 384 g/mol. The molecule has 1 aliphatic heterocycles. The zero-order valence-corrected chi connectivity index (χ0v) is 16.0. The van der Waals surface area contributed by atoms with Crippen molar-refractivity contribution in [3.63, 3.8) is 0 Å². The molecule has 0 saturated carbocycles. The van der Waals surface area contributed by atoms with Crippen molar-refractivity contribution in [1.29, 1.82) is 0 Å². The van der Waals surface area contributed by atoms with Crippen LogP contribution in [0.15, 0.2) is 11.6 Å². The van der Waals surface area contributed by atoms with Gasteiger partial charge in [0, 0.05) is 44.9 Å². The summed E-state index contributed by atoms with van der Waals surface area (Å²) in [5.41, 5.74) is 2.46. The molecule has 0 bridgehead atoms. The first-order valence-electron chi connectivity index (χ1n) is 7.92. The van der Waals surface area contributed by atoms with Gasteiger partial charge in [0.2, 0.25) is 5.13 Å². The van der Waals surface area contributed by atoms with Crippen LogP contribution < -0.4 is 5.32 Å². The average Bonchev–Trinajstić information content (AvgIpc) is 3.07. The normalized spacial score (nSPS) is 19.3. The van der Waals surface area contributed by atoms with Gasteiger partial charge in [0.25, 0.3) is 10.2 Å². The van der Waals surface area contributed by atoms with Gasteiger partial charge in [-0.2, -0.15) is 17.0 Å². The van der Waals surface area contributed by atoms with Crippen molar-refractivity contribution < 1.29 is 8.42 Å². The fraction of sp³-hybridized carbons (Fsp3) is 0.571. The van der Waals surface area contributed by atoms with Gasteiger partial charge in [-0.25, -0.2) is 9.97 Å². The molecule has 1 aliphatic rings. The van der Waals surface area contributed by atoms with Gasteiger partial charge in [-0.3, -0.25) is 0 Å². The number of nitrogens with zero attached hydrogens (tertiary/aromatic N) is 6. The molecule has 0 aromatic carbocycles. The number of hydrogen-bond donors (Lipinski definition) is 1. The van der Waals surface area contributed by atoms with E-state index in [9.17, 15) is 8.42 Å². The maximum absolute atomic E-state index is 12.4. The SMILES string of the molecule is Cc1cc(Nc2nncs2)nc(C2CCCN(S(=O)(=O)N(C)C)C2)n1. The van der Waals surface area contributed by atoms with Crippen LogP contribution >= 0.6 is 11.3 Å². The lowest BCUT2D eigenvalue weighted by Crippen LogP contribution is -2.45. The first-order valence-corrected chi connectivity index (χ1v) is 10.2. The van der Waals surface area contributed by atoms with Crippen LogP contribution in [0.1, 0.15) is 30.3 Å². The van der Waals surface area contributed by atoms with Gasteiger partial charge in [0.15, 0.2) is 0 Å². The molecule has 11 heteroatoms. The van der Waals surface area contributed by atoms with Crippen molar-refractivity contribution in [1.82, 2.24) is 28.8 Å². The summed E-state index contributed by atoms with van der Waals surface area (Å²) in [6.07, 6.45) is 1.65. The molecule has 0 amide bonds. The van der Waals surface area contributed by atoms with E-state index in [0.29, 0.717) is 29.9 Å². The summed E-state index contributed by atoms with van der Waals surface area (Å²) < 4.78 is 27.5. The van der Waals surface area contributed by atoms with Gasteiger partial charge in [0.05, 0.1) is 0 Å². The lowest BCUT2D eigenvalue weighted by molar-refractivity contribution is 0.293. The Morgan fingerprint density at radius 3 is 2.84 bits per heavy atom. The molecule has 9 nitrogen and oxygen atoms in total. The molecule has 0 radical (unpaired) electrons. The minimum atomic E-state index is -3.42. The molecule has 2 aromatic rings. The summed E-state index contributed by atoms with van der Waals surface area (Å²) in [6, 6.07) is 1.84. The highest BCUT2D eigenvalue weighted by atomic mass is 32.2. The topological polar surface area (TPSA) is 104 Å². The van der Waals surface area contributed by atoms with Crippen molar-refractivity contribution in [3.05, 3.63) is 23.1 Å². The molecule has 25 heavy (non-hydrogen) atoms. The second-order valence-corrected chi connectivity index (χ2v) is 9.08. The maximum atomic E-state index is 12.4. The van der Waals surface area contributed by atoms with Crippen molar-refractivity contribution >= 4 is 32.5 Å². The Bertz CT molecular complexity index is 824. The van der Waals surface area contributed by atoms with Crippen molar-refractivity contribution in [2.45, 2.75) is 25.7 Å². The van der Waals surface area contributed by atoms with Crippen LogP contribution in [0, 0.1) is 6.92 Å². The van der Waals surface area contributed by atoms with Crippen LogP contribution in [0.5, 0.6) is 0 Å². The van der Waals surface area contributed by atoms with Crippen LogP contribution in [0.4, 0.5) is 10.9 Å². The van der Waals surface area contributed by atoms with Crippen LogP contribution in [0.2, 0.25) is 0 Å². The fourth-order valence-electron chi connectivity index (χ4n) is 2.77. The standard InChI is InChI=1S/C14H21N7O2S2/c1-10-7-12(18-14-19-15-9-24-14)17-13(16-10)11-5-4-6-21(8-11)25(22,23)20(2)3/h7,9,11H,4-6,8H2,1-3H3,(H,16,17,18,19). The van der Waals surface area contributed by atoms with Gasteiger partial charge < -0.3 is 5.32 Å². The molecule has 136 valence electrons. The number of hydrogen-bond acceptors (Lipinski definition) is 8.